The van der Waals surface area contributed by atoms with Crippen LogP contribution in [0.1, 0.15) is 32.6 Å². The van der Waals surface area contributed by atoms with Crippen molar-refractivity contribution in [2.24, 2.45) is 0 Å². The van der Waals surface area contributed by atoms with Crippen LogP contribution in [-0.2, 0) is 0 Å². The van der Waals surface area contributed by atoms with Crippen LogP contribution in [0.25, 0.3) is 11.4 Å². The van der Waals surface area contributed by atoms with E-state index < -0.39 is 0 Å². The van der Waals surface area contributed by atoms with Gasteiger partial charge in [0.25, 0.3) is 0 Å². The molecule has 0 aliphatic heterocycles. The summed E-state index contributed by atoms with van der Waals surface area (Å²) >= 11 is 0. The van der Waals surface area contributed by atoms with E-state index in [-0.39, 0.29) is 0 Å². The van der Waals surface area contributed by atoms with Gasteiger partial charge in [-0.3, -0.25) is 0 Å². The van der Waals surface area contributed by atoms with E-state index in [1.807, 2.05) is 18.2 Å². The standard InChI is InChI=1S/C18H24N4/c1-3-4-12-22(2)17-13-16(19-15-10-11-15)20-18(21-17)14-8-6-5-7-9-14/h5-9,13,15H,3-4,10-12H2,1-2H3,(H,19,20,21). The fourth-order valence-electron chi connectivity index (χ4n) is 2.37. The molecular weight excluding hydrogens is 272 g/mol. The molecule has 1 aliphatic carbocycles. The van der Waals surface area contributed by atoms with Crippen LogP contribution in [0.5, 0.6) is 0 Å². The average Bonchev–Trinajstić information content (AvgIpc) is 3.37. The molecule has 1 N–H and O–H groups in total. The van der Waals surface area contributed by atoms with Crippen molar-refractivity contribution in [3.05, 3.63) is 36.4 Å². The Balaban J connectivity index is 1.90. The Morgan fingerprint density at radius 1 is 1.18 bits per heavy atom. The lowest BCUT2D eigenvalue weighted by molar-refractivity contribution is 0.759. The number of nitrogens with zero attached hydrogens (tertiary/aromatic N) is 3. The summed E-state index contributed by atoms with van der Waals surface area (Å²) in [6, 6.07) is 12.9. The van der Waals surface area contributed by atoms with Crippen molar-refractivity contribution in [2.45, 2.75) is 38.6 Å². The fourth-order valence-corrected chi connectivity index (χ4v) is 2.37. The third-order valence-electron chi connectivity index (χ3n) is 3.91. The molecule has 0 saturated heterocycles. The smallest absolute Gasteiger partial charge is 0.163 e. The first-order chi connectivity index (χ1) is 10.8. The molecule has 4 nitrogen and oxygen atoms in total. The molecule has 22 heavy (non-hydrogen) atoms. The molecule has 0 unspecified atom stereocenters. The number of benzene rings is 1. The number of rotatable bonds is 7. The summed E-state index contributed by atoms with van der Waals surface area (Å²) in [4.78, 5) is 11.7. The van der Waals surface area contributed by atoms with E-state index in [9.17, 15) is 0 Å². The highest BCUT2D eigenvalue weighted by Crippen LogP contribution is 2.27. The zero-order chi connectivity index (χ0) is 15.4. The van der Waals surface area contributed by atoms with Crippen LogP contribution in [0.3, 0.4) is 0 Å². The van der Waals surface area contributed by atoms with E-state index >= 15 is 0 Å². The van der Waals surface area contributed by atoms with Gasteiger partial charge in [-0.15, -0.1) is 0 Å². The molecule has 1 aromatic carbocycles. The highest BCUT2D eigenvalue weighted by Gasteiger charge is 2.22. The third-order valence-corrected chi connectivity index (χ3v) is 3.91. The lowest BCUT2D eigenvalue weighted by Crippen LogP contribution is -2.20. The molecular formula is C18H24N4. The summed E-state index contributed by atoms with van der Waals surface area (Å²) in [7, 11) is 2.10. The molecule has 0 bridgehead atoms. The SMILES string of the molecule is CCCCN(C)c1cc(NC2CC2)nc(-c2ccccc2)n1. The summed E-state index contributed by atoms with van der Waals surface area (Å²) in [6.07, 6.45) is 4.85. The van der Waals surface area contributed by atoms with Crippen molar-refractivity contribution in [1.29, 1.82) is 0 Å². The normalized spacial score (nSPS) is 13.9. The van der Waals surface area contributed by atoms with Crippen LogP contribution in [0.4, 0.5) is 11.6 Å². The Morgan fingerprint density at radius 2 is 1.95 bits per heavy atom. The van der Waals surface area contributed by atoms with Crippen molar-refractivity contribution in [3.63, 3.8) is 0 Å². The quantitative estimate of drug-likeness (QED) is 0.840. The van der Waals surface area contributed by atoms with Crippen molar-refractivity contribution in [1.82, 2.24) is 9.97 Å². The van der Waals surface area contributed by atoms with Gasteiger partial charge in [0.15, 0.2) is 5.82 Å². The Hall–Kier alpha value is -2.10. The van der Waals surface area contributed by atoms with Crippen molar-refractivity contribution in [2.75, 3.05) is 23.8 Å². The molecule has 3 rings (SSSR count). The maximum atomic E-state index is 4.76. The van der Waals surface area contributed by atoms with Crippen LogP contribution in [0, 0.1) is 0 Å². The minimum Gasteiger partial charge on any atom is -0.367 e. The number of nitrogens with one attached hydrogen (secondary N) is 1. The maximum absolute atomic E-state index is 4.76. The van der Waals surface area contributed by atoms with Crippen molar-refractivity contribution < 1.29 is 0 Å². The van der Waals surface area contributed by atoms with Crippen LogP contribution in [-0.4, -0.2) is 29.6 Å². The Morgan fingerprint density at radius 3 is 2.64 bits per heavy atom. The van der Waals surface area contributed by atoms with E-state index in [4.69, 9.17) is 9.97 Å². The number of unbranched alkanes of at least 4 members (excludes halogenated alkanes) is 1. The maximum Gasteiger partial charge on any atom is 0.163 e. The second-order valence-corrected chi connectivity index (χ2v) is 5.99. The van der Waals surface area contributed by atoms with Crippen LogP contribution in [0.15, 0.2) is 36.4 Å². The first-order valence-electron chi connectivity index (χ1n) is 8.18. The molecule has 1 saturated carbocycles. The molecule has 2 aromatic rings. The molecule has 1 heterocycles. The fraction of sp³-hybridized carbons (Fsp3) is 0.444. The second-order valence-electron chi connectivity index (χ2n) is 5.99. The van der Waals surface area contributed by atoms with Gasteiger partial charge in [-0.05, 0) is 19.3 Å². The van der Waals surface area contributed by atoms with Gasteiger partial charge < -0.3 is 10.2 Å². The predicted octanol–water partition coefficient (Wildman–Crippen LogP) is 3.95. The Kier molecular flexibility index (Phi) is 4.56. The summed E-state index contributed by atoms with van der Waals surface area (Å²) in [5.74, 6) is 2.73. The Bertz CT molecular complexity index is 608. The highest BCUT2D eigenvalue weighted by molar-refractivity contribution is 5.61. The number of hydrogen-bond donors (Lipinski definition) is 1. The average molecular weight is 296 g/mol. The van der Waals surface area contributed by atoms with Crippen molar-refractivity contribution >= 4 is 11.6 Å². The van der Waals surface area contributed by atoms with E-state index in [1.165, 1.54) is 25.7 Å². The second kappa shape index (κ2) is 6.77. The zero-order valence-corrected chi connectivity index (χ0v) is 13.4. The van der Waals surface area contributed by atoms with E-state index in [1.54, 1.807) is 0 Å². The van der Waals surface area contributed by atoms with Gasteiger partial charge in [-0.2, -0.15) is 0 Å². The largest absolute Gasteiger partial charge is 0.367 e. The molecule has 0 amide bonds. The number of aromatic nitrogens is 2. The molecule has 4 heteroatoms. The third kappa shape index (κ3) is 3.75. The van der Waals surface area contributed by atoms with Gasteiger partial charge in [0.05, 0.1) is 0 Å². The predicted molar refractivity (Wildman–Crippen MR) is 92.3 cm³/mol. The molecule has 1 aliphatic rings. The van der Waals surface area contributed by atoms with Gasteiger partial charge in [0.2, 0.25) is 0 Å². The van der Waals surface area contributed by atoms with Crippen molar-refractivity contribution in [3.8, 4) is 11.4 Å². The molecule has 1 fully saturated rings. The number of hydrogen-bond acceptors (Lipinski definition) is 4. The molecule has 0 atom stereocenters. The molecule has 116 valence electrons. The summed E-state index contributed by atoms with van der Waals surface area (Å²) in [5.41, 5.74) is 1.06. The minimum absolute atomic E-state index is 0.590. The first kappa shape index (κ1) is 14.8. The lowest BCUT2D eigenvalue weighted by atomic mass is 10.2. The monoisotopic (exact) mass is 296 g/mol. The van der Waals surface area contributed by atoms with Gasteiger partial charge >= 0.3 is 0 Å². The van der Waals surface area contributed by atoms with Crippen LogP contribution in [0.2, 0.25) is 0 Å². The summed E-state index contributed by atoms with van der Waals surface area (Å²) in [6.45, 7) is 3.23. The minimum atomic E-state index is 0.590. The first-order valence-corrected chi connectivity index (χ1v) is 8.18. The van der Waals surface area contributed by atoms with Gasteiger partial charge in [0, 0.05) is 31.3 Å². The molecule has 1 aromatic heterocycles. The summed E-state index contributed by atoms with van der Waals surface area (Å²) in [5, 5.41) is 3.50. The van der Waals surface area contributed by atoms with Crippen LogP contribution < -0.4 is 10.2 Å². The zero-order valence-electron chi connectivity index (χ0n) is 13.4. The van der Waals surface area contributed by atoms with E-state index in [0.29, 0.717) is 6.04 Å². The summed E-state index contributed by atoms with van der Waals surface area (Å²) < 4.78 is 0. The lowest BCUT2D eigenvalue weighted by Gasteiger charge is -2.19. The highest BCUT2D eigenvalue weighted by atomic mass is 15.2. The van der Waals surface area contributed by atoms with Gasteiger partial charge in [0.1, 0.15) is 11.6 Å². The van der Waals surface area contributed by atoms with E-state index in [2.05, 4.69) is 42.4 Å². The van der Waals surface area contributed by atoms with Gasteiger partial charge in [-0.25, -0.2) is 9.97 Å². The number of anilines is 2. The Labute approximate surface area is 132 Å². The molecule has 0 radical (unpaired) electrons. The topological polar surface area (TPSA) is 41.0 Å². The van der Waals surface area contributed by atoms with Gasteiger partial charge in [-0.1, -0.05) is 43.7 Å². The van der Waals surface area contributed by atoms with Crippen LogP contribution >= 0.6 is 0 Å². The molecule has 0 spiro atoms. The van der Waals surface area contributed by atoms with E-state index in [0.717, 1.165) is 29.6 Å².